The maximum absolute atomic E-state index is 13.5. The van der Waals surface area contributed by atoms with Gasteiger partial charge in [-0.05, 0) is 53.3 Å². The molecule has 2 aromatic carbocycles. The molecule has 0 atom stereocenters. The van der Waals surface area contributed by atoms with Crippen LogP contribution in [0.3, 0.4) is 0 Å². The molecule has 1 aliphatic rings. The Morgan fingerprint density at radius 3 is 2.52 bits per heavy atom. The zero-order valence-electron chi connectivity index (χ0n) is 12.2. The van der Waals surface area contributed by atoms with Crippen molar-refractivity contribution in [1.82, 2.24) is 0 Å². The van der Waals surface area contributed by atoms with Crippen molar-refractivity contribution in [2.24, 2.45) is 0 Å². The summed E-state index contributed by atoms with van der Waals surface area (Å²) in [5, 5.41) is 0. The number of aryl methyl sites for hydroxylation is 1. The van der Waals surface area contributed by atoms with Crippen molar-refractivity contribution >= 4 is 5.57 Å². The summed E-state index contributed by atoms with van der Waals surface area (Å²) in [5.74, 6) is 1.25. The van der Waals surface area contributed by atoms with Crippen molar-refractivity contribution < 1.29 is 13.9 Å². The smallest absolute Gasteiger partial charge is 0.130 e. The van der Waals surface area contributed by atoms with Crippen LogP contribution in [0.4, 0.5) is 4.39 Å². The largest absolute Gasteiger partial charge is 0.497 e. The van der Waals surface area contributed by atoms with Gasteiger partial charge in [0.1, 0.15) is 17.3 Å². The van der Waals surface area contributed by atoms with Gasteiger partial charge in [-0.2, -0.15) is 0 Å². The highest BCUT2D eigenvalue weighted by atomic mass is 19.1. The Hall–Kier alpha value is -2.29. The molecule has 0 N–H and O–H groups in total. The minimum Gasteiger partial charge on any atom is -0.497 e. The Morgan fingerprint density at radius 2 is 1.81 bits per heavy atom. The summed E-state index contributed by atoms with van der Waals surface area (Å²) in [5.41, 5.74) is 4.99. The third-order valence-corrected chi connectivity index (χ3v) is 3.94. The maximum Gasteiger partial charge on any atom is 0.130 e. The van der Waals surface area contributed by atoms with Crippen LogP contribution < -0.4 is 9.47 Å². The number of benzene rings is 2. The van der Waals surface area contributed by atoms with E-state index in [1.54, 1.807) is 20.3 Å². The lowest BCUT2D eigenvalue weighted by atomic mass is 9.94. The third-order valence-electron chi connectivity index (χ3n) is 3.94. The summed E-state index contributed by atoms with van der Waals surface area (Å²) in [6.07, 6.45) is 1.55. The molecule has 0 saturated carbocycles. The van der Waals surface area contributed by atoms with Crippen LogP contribution in [-0.4, -0.2) is 14.2 Å². The molecule has 0 radical (unpaired) electrons. The minimum absolute atomic E-state index is 0.210. The molecule has 3 rings (SSSR count). The van der Waals surface area contributed by atoms with Crippen molar-refractivity contribution in [3.05, 3.63) is 53.9 Å². The summed E-state index contributed by atoms with van der Waals surface area (Å²) in [6.45, 7) is 4.17. The quantitative estimate of drug-likeness (QED) is 0.810. The van der Waals surface area contributed by atoms with Crippen LogP contribution in [0.2, 0.25) is 0 Å². The molecule has 0 bridgehead atoms. The molecule has 2 aromatic rings. The highest BCUT2D eigenvalue weighted by molar-refractivity contribution is 5.88. The predicted octanol–water partition coefficient (Wildman–Crippen LogP) is 4.47. The Kier molecular flexibility index (Phi) is 3.42. The van der Waals surface area contributed by atoms with Gasteiger partial charge in [0.2, 0.25) is 0 Å². The van der Waals surface area contributed by atoms with Gasteiger partial charge in [-0.1, -0.05) is 12.6 Å². The van der Waals surface area contributed by atoms with E-state index in [9.17, 15) is 4.39 Å². The molecule has 0 spiro atoms. The van der Waals surface area contributed by atoms with Crippen LogP contribution in [0.15, 0.2) is 36.9 Å². The fourth-order valence-electron chi connectivity index (χ4n) is 2.89. The first-order valence-electron chi connectivity index (χ1n) is 6.87. The lowest BCUT2D eigenvalue weighted by Crippen LogP contribution is -1.96. The zero-order chi connectivity index (χ0) is 15.0. The van der Waals surface area contributed by atoms with E-state index in [0.29, 0.717) is 0 Å². The molecule has 21 heavy (non-hydrogen) atoms. The van der Waals surface area contributed by atoms with Gasteiger partial charge < -0.3 is 9.47 Å². The van der Waals surface area contributed by atoms with E-state index < -0.39 is 0 Å². The summed E-state index contributed by atoms with van der Waals surface area (Å²) in [6, 6.07) is 8.73. The van der Waals surface area contributed by atoms with Crippen LogP contribution >= 0.6 is 0 Å². The molecule has 0 aromatic heterocycles. The first-order chi connectivity index (χ1) is 10.1. The number of hydrogen-bond donors (Lipinski definition) is 0. The molecular formula is C18H17FO2. The van der Waals surface area contributed by atoms with E-state index in [1.807, 2.05) is 18.2 Å². The fraction of sp³-hybridized carbons (Fsp3) is 0.222. The van der Waals surface area contributed by atoms with Gasteiger partial charge in [0.25, 0.3) is 0 Å². The fourth-order valence-corrected chi connectivity index (χ4v) is 2.89. The topological polar surface area (TPSA) is 18.5 Å². The van der Waals surface area contributed by atoms with Gasteiger partial charge in [-0.3, -0.25) is 0 Å². The predicted molar refractivity (Wildman–Crippen MR) is 82.3 cm³/mol. The number of fused-ring (bicyclic) bond motifs is 3. The monoisotopic (exact) mass is 284 g/mol. The van der Waals surface area contributed by atoms with Crippen molar-refractivity contribution in [2.75, 3.05) is 14.2 Å². The molecule has 108 valence electrons. The van der Waals surface area contributed by atoms with E-state index in [-0.39, 0.29) is 5.82 Å². The number of rotatable bonds is 2. The molecule has 0 aliphatic heterocycles. The van der Waals surface area contributed by atoms with E-state index in [1.165, 1.54) is 6.07 Å². The van der Waals surface area contributed by atoms with Crippen LogP contribution in [-0.2, 0) is 6.42 Å². The highest BCUT2D eigenvalue weighted by Crippen LogP contribution is 2.44. The minimum atomic E-state index is -0.210. The van der Waals surface area contributed by atoms with Crippen LogP contribution in [0.25, 0.3) is 16.7 Å². The van der Waals surface area contributed by atoms with Crippen molar-refractivity contribution in [1.29, 1.82) is 0 Å². The van der Waals surface area contributed by atoms with Gasteiger partial charge in [0.15, 0.2) is 0 Å². The lowest BCUT2D eigenvalue weighted by Gasteiger charge is -2.16. The van der Waals surface area contributed by atoms with Gasteiger partial charge >= 0.3 is 0 Å². The standard InChI is InChI=1S/C18H17FO2/c1-11-4-5-12-8-13(19)6-7-15(12)16-9-14(20-2)10-17(21-3)18(11)16/h6-10H,1,4-5H2,2-3H3. The Labute approximate surface area is 123 Å². The number of hydrogen-bond acceptors (Lipinski definition) is 2. The molecule has 1 aliphatic carbocycles. The molecule has 3 heteroatoms. The molecule has 0 heterocycles. The number of ether oxygens (including phenoxy) is 2. The molecule has 0 amide bonds. The Bertz CT molecular complexity index is 719. The number of halogens is 1. The second kappa shape index (κ2) is 5.24. The van der Waals surface area contributed by atoms with Gasteiger partial charge in [0.05, 0.1) is 14.2 Å². The Morgan fingerprint density at radius 1 is 1.00 bits per heavy atom. The van der Waals surface area contributed by atoms with Gasteiger partial charge in [-0.15, -0.1) is 0 Å². The SMILES string of the molecule is C=C1CCc2cc(F)ccc2-c2cc(OC)cc(OC)c21. The molecule has 2 nitrogen and oxygen atoms in total. The summed E-state index contributed by atoms with van der Waals surface area (Å²) in [7, 11) is 3.26. The van der Waals surface area contributed by atoms with E-state index >= 15 is 0 Å². The van der Waals surface area contributed by atoms with Crippen LogP contribution in [0.5, 0.6) is 11.5 Å². The maximum atomic E-state index is 13.5. The molecule has 0 unspecified atom stereocenters. The molecule has 0 saturated heterocycles. The normalized spacial score (nSPS) is 13.2. The highest BCUT2D eigenvalue weighted by Gasteiger charge is 2.22. The third kappa shape index (κ3) is 2.29. The molecule has 0 fully saturated rings. The van der Waals surface area contributed by atoms with Crippen molar-refractivity contribution in [2.45, 2.75) is 12.8 Å². The average Bonchev–Trinajstić information content (AvgIpc) is 2.63. The van der Waals surface area contributed by atoms with Gasteiger partial charge in [0, 0.05) is 11.6 Å². The first-order valence-corrected chi connectivity index (χ1v) is 6.87. The Balaban J connectivity index is 2.34. The summed E-state index contributed by atoms with van der Waals surface area (Å²) in [4.78, 5) is 0. The lowest BCUT2D eigenvalue weighted by molar-refractivity contribution is 0.394. The first kappa shape index (κ1) is 13.7. The van der Waals surface area contributed by atoms with E-state index in [0.717, 1.165) is 52.2 Å². The van der Waals surface area contributed by atoms with Crippen molar-refractivity contribution in [3.8, 4) is 22.6 Å². The number of methoxy groups -OCH3 is 2. The molecular weight excluding hydrogens is 267 g/mol. The van der Waals surface area contributed by atoms with Gasteiger partial charge in [-0.25, -0.2) is 4.39 Å². The van der Waals surface area contributed by atoms with Crippen molar-refractivity contribution in [3.63, 3.8) is 0 Å². The number of allylic oxidation sites excluding steroid dienone is 1. The summed E-state index contributed by atoms with van der Waals surface area (Å²) >= 11 is 0. The zero-order valence-corrected chi connectivity index (χ0v) is 12.2. The van der Waals surface area contributed by atoms with E-state index in [4.69, 9.17) is 9.47 Å². The average molecular weight is 284 g/mol. The van der Waals surface area contributed by atoms with Crippen LogP contribution in [0, 0.1) is 5.82 Å². The van der Waals surface area contributed by atoms with E-state index in [2.05, 4.69) is 6.58 Å². The second-order valence-corrected chi connectivity index (χ2v) is 5.16. The summed E-state index contributed by atoms with van der Waals surface area (Å²) < 4.78 is 24.4. The van der Waals surface area contributed by atoms with Crippen LogP contribution in [0.1, 0.15) is 17.5 Å². The second-order valence-electron chi connectivity index (χ2n) is 5.16.